The van der Waals surface area contributed by atoms with E-state index in [9.17, 15) is 18.0 Å². The fraction of sp³-hybridized carbons (Fsp3) is 0.560. The monoisotopic (exact) mass is 518 g/mol. The molecule has 0 atom stereocenters. The minimum atomic E-state index is -4.25. The summed E-state index contributed by atoms with van der Waals surface area (Å²) in [5.41, 5.74) is 6.09. The van der Waals surface area contributed by atoms with Crippen molar-refractivity contribution in [3.63, 3.8) is 0 Å². The van der Waals surface area contributed by atoms with Crippen LogP contribution in [0.5, 0.6) is 0 Å². The average molecular weight is 519 g/mol. The van der Waals surface area contributed by atoms with E-state index in [1.807, 2.05) is 0 Å². The van der Waals surface area contributed by atoms with E-state index in [2.05, 4.69) is 15.9 Å². The van der Waals surface area contributed by atoms with Gasteiger partial charge in [0.05, 0.1) is 19.6 Å². The smallest absolute Gasteiger partial charge is 0.283 e. The molecule has 10 nitrogen and oxygen atoms in total. The number of aromatic nitrogens is 2. The minimum absolute atomic E-state index is 0.0190. The Bertz CT molecular complexity index is 1210. The number of hydrogen-bond acceptors (Lipinski definition) is 7. The largest absolute Gasteiger partial charge is 0.383 e. The number of fused-ring (bicyclic) bond motifs is 2. The van der Waals surface area contributed by atoms with E-state index >= 15 is 0 Å². The molecular formula is C25H34N4O6S. The van der Waals surface area contributed by atoms with Crippen molar-refractivity contribution in [3.05, 3.63) is 45.6 Å². The van der Waals surface area contributed by atoms with Gasteiger partial charge in [-0.05, 0) is 66.3 Å². The number of carbonyl (C=O) groups is 2. The number of rotatable bonds is 11. The van der Waals surface area contributed by atoms with Crippen LogP contribution in [0.4, 0.5) is 0 Å². The maximum atomic E-state index is 13.1. The van der Waals surface area contributed by atoms with Gasteiger partial charge >= 0.3 is 0 Å². The van der Waals surface area contributed by atoms with Gasteiger partial charge in [-0.1, -0.05) is 6.07 Å². The Morgan fingerprint density at radius 3 is 2.14 bits per heavy atom. The van der Waals surface area contributed by atoms with Gasteiger partial charge in [0.25, 0.3) is 15.9 Å². The summed E-state index contributed by atoms with van der Waals surface area (Å²) in [4.78, 5) is 27.5. The van der Waals surface area contributed by atoms with Gasteiger partial charge in [-0.2, -0.15) is 13.5 Å². The van der Waals surface area contributed by atoms with Crippen molar-refractivity contribution in [1.29, 1.82) is 0 Å². The Kier molecular flexibility index (Phi) is 8.11. The summed E-state index contributed by atoms with van der Waals surface area (Å²) in [5, 5.41) is 3.65. The summed E-state index contributed by atoms with van der Waals surface area (Å²) in [6.45, 7) is 1.27. The highest BCUT2D eigenvalue weighted by molar-refractivity contribution is 7.90. The molecule has 2 aliphatic rings. The molecule has 1 heterocycles. The lowest BCUT2D eigenvalue weighted by atomic mass is 9.92. The van der Waals surface area contributed by atoms with Gasteiger partial charge in [-0.25, -0.2) is 4.72 Å². The second kappa shape index (κ2) is 11.1. The Morgan fingerprint density at radius 2 is 1.58 bits per heavy atom. The molecule has 0 fully saturated rings. The molecule has 0 aliphatic heterocycles. The number of methoxy groups -OCH3 is 2. The Balaban J connectivity index is 1.51. The molecule has 1 aromatic carbocycles. The predicted octanol–water partition coefficient (Wildman–Crippen LogP) is 1.18. The molecular weight excluding hydrogens is 484 g/mol. The zero-order chi connectivity index (χ0) is 25.9. The van der Waals surface area contributed by atoms with Crippen molar-refractivity contribution in [3.8, 4) is 0 Å². The van der Waals surface area contributed by atoms with Crippen LogP contribution in [0.2, 0.25) is 0 Å². The second-order valence-electron chi connectivity index (χ2n) is 9.31. The summed E-state index contributed by atoms with van der Waals surface area (Å²) >= 11 is 0. The number of nitrogens with one attached hydrogen (secondary N) is 1. The lowest BCUT2D eigenvalue weighted by Gasteiger charge is -2.21. The van der Waals surface area contributed by atoms with Crippen LogP contribution < -0.4 is 4.72 Å². The van der Waals surface area contributed by atoms with Crippen LogP contribution in [0.15, 0.2) is 17.2 Å². The number of sulfonamides is 1. The first kappa shape index (κ1) is 26.3. The van der Waals surface area contributed by atoms with Crippen molar-refractivity contribution < 1.29 is 27.5 Å². The van der Waals surface area contributed by atoms with Gasteiger partial charge in [-0.3, -0.25) is 14.3 Å². The van der Waals surface area contributed by atoms with E-state index in [4.69, 9.17) is 9.47 Å². The molecule has 2 aromatic rings. The first-order valence-electron chi connectivity index (χ1n) is 12.3. The number of nitrogens with zero attached hydrogens (tertiary/aromatic N) is 3. The Labute approximate surface area is 212 Å². The van der Waals surface area contributed by atoms with E-state index in [0.717, 1.165) is 44.1 Å². The zero-order valence-corrected chi connectivity index (χ0v) is 21.9. The third-order valence-electron chi connectivity index (χ3n) is 6.95. The van der Waals surface area contributed by atoms with Crippen LogP contribution in [0.1, 0.15) is 51.1 Å². The first-order chi connectivity index (χ1) is 17.2. The van der Waals surface area contributed by atoms with Crippen molar-refractivity contribution in [1.82, 2.24) is 19.4 Å². The number of amides is 2. The van der Waals surface area contributed by atoms with Crippen LogP contribution in [-0.4, -0.2) is 75.4 Å². The number of ether oxygens (including phenoxy) is 2. The lowest BCUT2D eigenvalue weighted by Crippen LogP contribution is -2.37. The summed E-state index contributed by atoms with van der Waals surface area (Å²) in [7, 11) is 0.314. The molecule has 0 radical (unpaired) electrons. The molecule has 0 bridgehead atoms. The summed E-state index contributed by atoms with van der Waals surface area (Å²) in [6, 6.07) is 3.47. The van der Waals surface area contributed by atoms with Gasteiger partial charge in [0.15, 0.2) is 5.03 Å². The van der Waals surface area contributed by atoms with E-state index in [1.54, 1.807) is 0 Å². The molecule has 1 aromatic heterocycles. The van der Waals surface area contributed by atoms with Gasteiger partial charge in [0, 0.05) is 40.4 Å². The van der Waals surface area contributed by atoms with Gasteiger partial charge < -0.3 is 14.4 Å². The van der Waals surface area contributed by atoms with Crippen LogP contribution in [-0.2, 0) is 63.4 Å². The molecule has 0 saturated heterocycles. The van der Waals surface area contributed by atoms with Crippen LogP contribution in [0, 0.1) is 0 Å². The van der Waals surface area contributed by atoms with Crippen LogP contribution in [0.3, 0.4) is 0 Å². The fourth-order valence-corrected chi connectivity index (χ4v) is 6.17. The minimum Gasteiger partial charge on any atom is -0.383 e. The number of hydrogen-bond donors (Lipinski definition) is 1. The quantitative estimate of drug-likeness (QED) is 0.474. The molecule has 2 amide bonds. The van der Waals surface area contributed by atoms with Crippen LogP contribution >= 0.6 is 0 Å². The molecule has 4 rings (SSSR count). The van der Waals surface area contributed by atoms with Gasteiger partial charge in [-0.15, -0.1) is 0 Å². The second-order valence-corrected chi connectivity index (χ2v) is 10.9. The normalized spacial score (nSPS) is 14.5. The molecule has 0 saturated carbocycles. The number of benzene rings is 1. The third kappa shape index (κ3) is 5.47. The van der Waals surface area contributed by atoms with Crippen molar-refractivity contribution in [2.24, 2.45) is 7.05 Å². The maximum absolute atomic E-state index is 13.1. The standard InChI is InChI=1S/C25H34N4O6S/c1-28-22(25(31)29(10-12-34-2)11-13-35-3)16-24(26-28)36(32,33)27-23(30)15-21-19-8-4-6-17(19)14-18-7-5-9-20(18)21/h14,16H,4-13,15H2,1-3H3,(H,27,30). The molecule has 36 heavy (non-hydrogen) atoms. The van der Waals surface area contributed by atoms with Crippen molar-refractivity contribution >= 4 is 21.8 Å². The van der Waals surface area contributed by atoms with Crippen LogP contribution in [0.25, 0.3) is 0 Å². The highest BCUT2D eigenvalue weighted by Gasteiger charge is 2.29. The predicted molar refractivity (Wildman–Crippen MR) is 132 cm³/mol. The number of carbonyl (C=O) groups excluding carboxylic acids is 2. The Morgan fingerprint density at radius 1 is 1.00 bits per heavy atom. The SMILES string of the molecule is COCCN(CCOC)C(=O)c1cc(S(=O)(=O)NC(=O)Cc2c3c(cc4c2CCC4)CCC3)nn1C. The van der Waals surface area contributed by atoms with Gasteiger partial charge in [0.2, 0.25) is 5.91 Å². The first-order valence-corrected chi connectivity index (χ1v) is 13.8. The Hall–Kier alpha value is -2.76. The molecule has 2 aliphatic carbocycles. The fourth-order valence-electron chi connectivity index (χ4n) is 5.20. The summed E-state index contributed by atoms with van der Waals surface area (Å²) < 4.78 is 39.6. The summed E-state index contributed by atoms with van der Waals surface area (Å²) in [6.07, 6.45) is 5.99. The van der Waals surface area contributed by atoms with E-state index < -0.39 is 21.8 Å². The molecule has 0 unspecified atom stereocenters. The molecule has 196 valence electrons. The highest BCUT2D eigenvalue weighted by Crippen LogP contribution is 2.35. The van der Waals surface area contributed by atoms with E-state index in [0.29, 0.717) is 26.3 Å². The maximum Gasteiger partial charge on any atom is 0.283 e. The van der Waals surface area contributed by atoms with E-state index in [-0.39, 0.29) is 17.1 Å². The molecule has 11 heteroatoms. The van der Waals surface area contributed by atoms with Gasteiger partial charge in [0.1, 0.15) is 5.69 Å². The topological polar surface area (TPSA) is 120 Å². The van der Waals surface area contributed by atoms with E-state index in [1.165, 1.54) is 59.2 Å². The van der Waals surface area contributed by atoms with Crippen molar-refractivity contribution in [2.75, 3.05) is 40.5 Å². The van der Waals surface area contributed by atoms with Crippen molar-refractivity contribution in [2.45, 2.75) is 50.0 Å². The lowest BCUT2D eigenvalue weighted by molar-refractivity contribution is -0.118. The molecule has 0 spiro atoms. The molecule has 1 N–H and O–H groups in total. The third-order valence-corrected chi connectivity index (χ3v) is 8.20. The highest BCUT2D eigenvalue weighted by atomic mass is 32.2. The summed E-state index contributed by atoms with van der Waals surface area (Å²) in [5.74, 6) is -0.993. The zero-order valence-electron chi connectivity index (χ0n) is 21.1. The average Bonchev–Trinajstić information content (AvgIpc) is 3.58. The number of aryl methyl sites for hydroxylation is 3.